The molecule has 0 aliphatic heterocycles. The normalized spacial score (nSPS) is 12.2. The molecule has 1 atom stereocenters. The summed E-state index contributed by atoms with van der Waals surface area (Å²) >= 11 is 0. The molecule has 14 heavy (non-hydrogen) atoms. The molecule has 0 aromatic heterocycles. The largest absolute Gasteiger partial charge is 0.345 e. The molecule has 1 aromatic carbocycles. The Morgan fingerprint density at radius 1 is 1.36 bits per heavy atom. The van der Waals surface area contributed by atoms with Gasteiger partial charge in [0, 0.05) is 41.6 Å². The fourth-order valence-corrected chi connectivity index (χ4v) is 1.63. The van der Waals surface area contributed by atoms with Gasteiger partial charge in [-0.25, -0.2) is 0 Å². The van der Waals surface area contributed by atoms with Gasteiger partial charge in [-0.05, 0) is 18.2 Å². The smallest absolute Gasteiger partial charge is 0.253 e. The summed E-state index contributed by atoms with van der Waals surface area (Å²) in [6.45, 7) is 0. The van der Waals surface area contributed by atoms with E-state index in [-0.39, 0.29) is 5.91 Å². The fourth-order valence-electron chi connectivity index (χ4n) is 1.07. The van der Waals surface area contributed by atoms with Gasteiger partial charge in [-0.1, -0.05) is 6.07 Å². The van der Waals surface area contributed by atoms with E-state index in [0.717, 1.165) is 0 Å². The van der Waals surface area contributed by atoms with Crippen molar-refractivity contribution in [3.05, 3.63) is 29.8 Å². The quantitative estimate of drug-likeness (QED) is 0.735. The van der Waals surface area contributed by atoms with Crippen LogP contribution in [0, 0.1) is 0 Å². The van der Waals surface area contributed by atoms with Crippen LogP contribution >= 0.6 is 0 Å². The van der Waals surface area contributed by atoms with Gasteiger partial charge >= 0.3 is 0 Å². The topological polar surface area (TPSA) is 37.4 Å². The Balaban J connectivity index is 3.06. The van der Waals surface area contributed by atoms with Gasteiger partial charge < -0.3 is 4.90 Å². The number of rotatable bonds is 2. The van der Waals surface area contributed by atoms with Crippen LogP contribution in [0.4, 0.5) is 0 Å². The number of amides is 1. The van der Waals surface area contributed by atoms with Gasteiger partial charge in [-0.3, -0.25) is 9.00 Å². The molecule has 0 heterocycles. The molecule has 76 valence electrons. The Kier molecular flexibility index (Phi) is 3.41. The third kappa shape index (κ3) is 2.42. The molecule has 0 saturated heterocycles. The van der Waals surface area contributed by atoms with Gasteiger partial charge in [-0.15, -0.1) is 0 Å². The SMILES string of the molecule is CN(C)C(=O)c1cccc(S(C)=O)c1. The van der Waals surface area contributed by atoms with Crippen molar-refractivity contribution in [2.24, 2.45) is 0 Å². The van der Waals surface area contributed by atoms with Crippen LogP contribution in [0.15, 0.2) is 29.2 Å². The molecule has 1 amide bonds. The number of carbonyl (C=O) groups excluding carboxylic acids is 1. The molecule has 0 aliphatic carbocycles. The summed E-state index contributed by atoms with van der Waals surface area (Å²) in [6.07, 6.45) is 1.60. The predicted molar refractivity (Wildman–Crippen MR) is 56.8 cm³/mol. The molecule has 1 rings (SSSR count). The van der Waals surface area contributed by atoms with Crippen LogP contribution in [0.2, 0.25) is 0 Å². The maximum Gasteiger partial charge on any atom is 0.253 e. The van der Waals surface area contributed by atoms with E-state index in [1.54, 1.807) is 44.6 Å². The zero-order chi connectivity index (χ0) is 10.7. The molecular formula is C10H13NO2S. The lowest BCUT2D eigenvalue weighted by atomic mass is 10.2. The lowest BCUT2D eigenvalue weighted by molar-refractivity contribution is 0.0827. The average Bonchev–Trinajstić information content (AvgIpc) is 2.16. The lowest BCUT2D eigenvalue weighted by Crippen LogP contribution is -2.21. The second-order valence-corrected chi connectivity index (χ2v) is 4.56. The molecule has 4 heteroatoms. The summed E-state index contributed by atoms with van der Waals surface area (Å²) in [4.78, 5) is 13.7. The van der Waals surface area contributed by atoms with Crippen LogP contribution in [-0.2, 0) is 10.8 Å². The van der Waals surface area contributed by atoms with Crippen molar-refractivity contribution in [2.75, 3.05) is 20.4 Å². The standard InChI is InChI=1S/C10H13NO2S/c1-11(2)10(12)8-5-4-6-9(7-8)14(3)13/h4-7H,1-3H3. The molecule has 0 N–H and O–H groups in total. The molecule has 3 nitrogen and oxygen atoms in total. The monoisotopic (exact) mass is 211 g/mol. The maximum absolute atomic E-state index is 11.5. The summed E-state index contributed by atoms with van der Waals surface area (Å²) < 4.78 is 11.2. The highest BCUT2D eigenvalue weighted by Crippen LogP contribution is 2.09. The number of hydrogen-bond donors (Lipinski definition) is 0. The van der Waals surface area contributed by atoms with E-state index in [1.807, 2.05) is 0 Å². The van der Waals surface area contributed by atoms with Crippen LogP contribution in [0.25, 0.3) is 0 Å². The van der Waals surface area contributed by atoms with Crippen molar-refractivity contribution >= 4 is 16.7 Å². The first-order chi connectivity index (χ1) is 6.52. The van der Waals surface area contributed by atoms with E-state index in [1.165, 1.54) is 4.90 Å². The zero-order valence-corrected chi connectivity index (χ0v) is 9.30. The van der Waals surface area contributed by atoms with Crippen LogP contribution in [0.5, 0.6) is 0 Å². The first-order valence-corrected chi connectivity index (χ1v) is 5.73. The second kappa shape index (κ2) is 4.37. The Labute approximate surface area is 86.2 Å². The molecule has 0 saturated carbocycles. The van der Waals surface area contributed by atoms with E-state index in [9.17, 15) is 9.00 Å². The van der Waals surface area contributed by atoms with Gasteiger partial charge in [0.2, 0.25) is 0 Å². The summed E-state index contributed by atoms with van der Waals surface area (Å²) in [7, 11) is 2.35. The summed E-state index contributed by atoms with van der Waals surface area (Å²) in [5.41, 5.74) is 0.572. The van der Waals surface area contributed by atoms with E-state index < -0.39 is 10.8 Å². The highest BCUT2D eigenvalue weighted by atomic mass is 32.2. The minimum atomic E-state index is -1.04. The highest BCUT2D eigenvalue weighted by Gasteiger charge is 2.08. The molecule has 0 radical (unpaired) electrons. The van der Waals surface area contributed by atoms with E-state index in [4.69, 9.17) is 0 Å². The molecule has 0 spiro atoms. The Morgan fingerprint density at radius 2 is 2.00 bits per heavy atom. The van der Waals surface area contributed by atoms with Crippen LogP contribution < -0.4 is 0 Å². The highest BCUT2D eigenvalue weighted by molar-refractivity contribution is 7.84. The fraction of sp³-hybridized carbons (Fsp3) is 0.300. The van der Waals surface area contributed by atoms with Crippen molar-refractivity contribution in [1.29, 1.82) is 0 Å². The Morgan fingerprint density at radius 3 is 2.50 bits per heavy atom. The lowest BCUT2D eigenvalue weighted by Gasteiger charge is -2.10. The average molecular weight is 211 g/mol. The van der Waals surface area contributed by atoms with Gasteiger partial charge in [0.1, 0.15) is 0 Å². The van der Waals surface area contributed by atoms with Crippen LogP contribution in [-0.4, -0.2) is 35.4 Å². The maximum atomic E-state index is 11.5. The third-order valence-electron chi connectivity index (χ3n) is 1.82. The second-order valence-electron chi connectivity index (χ2n) is 3.18. The van der Waals surface area contributed by atoms with Gasteiger partial charge in [0.15, 0.2) is 0 Å². The van der Waals surface area contributed by atoms with Crippen molar-refractivity contribution in [3.8, 4) is 0 Å². The molecule has 0 bridgehead atoms. The zero-order valence-electron chi connectivity index (χ0n) is 8.48. The van der Waals surface area contributed by atoms with E-state index in [0.29, 0.717) is 10.5 Å². The number of hydrogen-bond acceptors (Lipinski definition) is 2. The summed E-state index contributed by atoms with van der Waals surface area (Å²) in [6, 6.07) is 6.88. The number of nitrogens with zero attached hydrogens (tertiary/aromatic N) is 1. The number of carbonyl (C=O) groups is 1. The minimum absolute atomic E-state index is 0.0719. The molecular weight excluding hydrogens is 198 g/mol. The van der Waals surface area contributed by atoms with Crippen molar-refractivity contribution in [3.63, 3.8) is 0 Å². The third-order valence-corrected chi connectivity index (χ3v) is 2.74. The molecule has 1 unspecified atom stereocenters. The van der Waals surface area contributed by atoms with Crippen molar-refractivity contribution in [1.82, 2.24) is 4.90 Å². The van der Waals surface area contributed by atoms with Gasteiger partial charge in [0.25, 0.3) is 5.91 Å². The van der Waals surface area contributed by atoms with Crippen LogP contribution in [0.3, 0.4) is 0 Å². The Hall–Kier alpha value is -1.16. The summed E-state index contributed by atoms with van der Waals surface area (Å²) in [5.74, 6) is -0.0719. The first kappa shape index (κ1) is 10.9. The molecule has 1 aromatic rings. The first-order valence-electron chi connectivity index (χ1n) is 4.17. The van der Waals surface area contributed by atoms with Crippen molar-refractivity contribution in [2.45, 2.75) is 4.90 Å². The van der Waals surface area contributed by atoms with E-state index >= 15 is 0 Å². The predicted octanol–water partition coefficient (Wildman–Crippen LogP) is 1.13. The molecule has 0 fully saturated rings. The molecule has 0 aliphatic rings. The van der Waals surface area contributed by atoms with Gasteiger partial charge in [0.05, 0.1) is 0 Å². The van der Waals surface area contributed by atoms with E-state index in [2.05, 4.69) is 0 Å². The summed E-state index contributed by atoms with van der Waals surface area (Å²) in [5, 5.41) is 0. The van der Waals surface area contributed by atoms with Crippen molar-refractivity contribution < 1.29 is 9.00 Å². The van der Waals surface area contributed by atoms with Crippen LogP contribution in [0.1, 0.15) is 10.4 Å². The number of benzene rings is 1. The van der Waals surface area contributed by atoms with Gasteiger partial charge in [-0.2, -0.15) is 0 Å². The minimum Gasteiger partial charge on any atom is -0.345 e. The Bertz CT molecular complexity index is 374.